The maximum absolute atomic E-state index is 5.87. The van der Waals surface area contributed by atoms with E-state index in [1.807, 2.05) is 6.07 Å². The van der Waals surface area contributed by atoms with Crippen LogP contribution in [0.3, 0.4) is 0 Å². The molecule has 0 saturated heterocycles. The van der Waals surface area contributed by atoms with E-state index in [1.165, 1.54) is 47.7 Å². The summed E-state index contributed by atoms with van der Waals surface area (Å²) < 4.78 is 8.01. The van der Waals surface area contributed by atoms with Crippen molar-refractivity contribution in [3.05, 3.63) is 48.7 Å². The number of hydrogen-bond donors (Lipinski definition) is 1. The van der Waals surface area contributed by atoms with Gasteiger partial charge < -0.3 is 14.3 Å². The first-order chi connectivity index (χ1) is 12.3. The largest absolute Gasteiger partial charge is 0.424 e. The number of anilines is 1. The molecular formula is C21H21N3O. The summed E-state index contributed by atoms with van der Waals surface area (Å²) in [6.45, 7) is 0. The van der Waals surface area contributed by atoms with Crippen LogP contribution in [0.15, 0.2) is 53.1 Å². The van der Waals surface area contributed by atoms with E-state index in [0.717, 1.165) is 11.1 Å². The lowest BCUT2D eigenvalue weighted by atomic mass is 10.0. The molecule has 1 aliphatic carbocycles. The van der Waals surface area contributed by atoms with Gasteiger partial charge in [-0.25, -0.2) is 0 Å². The molecule has 1 aliphatic rings. The molecular weight excluding hydrogens is 310 g/mol. The van der Waals surface area contributed by atoms with Gasteiger partial charge in [0, 0.05) is 30.2 Å². The minimum atomic E-state index is 0.507. The zero-order chi connectivity index (χ0) is 16.8. The number of oxazole rings is 1. The zero-order valence-corrected chi connectivity index (χ0v) is 14.3. The van der Waals surface area contributed by atoms with Crippen molar-refractivity contribution in [3.8, 4) is 11.1 Å². The second-order valence-corrected chi connectivity index (χ2v) is 7.03. The summed E-state index contributed by atoms with van der Waals surface area (Å²) in [5.41, 5.74) is 5.36. The van der Waals surface area contributed by atoms with Crippen LogP contribution < -0.4 is 5.32 Å². The Morgan fingerprint density at radius 3 is 2.72 bits per heavy atom. The minimum Gasteiger partial charge on any atom is -0.424 e. The van der Waals surface area contributed by atoms with Crippen molar-refractivity contribution in [2.75, 3.05) is 5.32 Å². The van der Waals surface area contributed by atoms with Crippen molar-refractivity contribution in [1.82, 2.24) is 9.55 Å². The highest BCUT2D eigenvalue weighted by atomic mass is 16.4. The van der Waals surface area contributed by atoms with Crippen LogP contribution in [0.1, 0.15) is 25.7 Å². The monoisotopic (exact) mass is 331 g/mol. The molecule has 0 unspecified atom stereocenters. The lowest BCUT2D eigenvalue weighted by Gasteiger charge is -2.07. The van der Waals surface area contributed by atoms with E-state index < -0.39 is 0 Å². The SMILES string of the molecule is Cn1ccc2cc(-c3ccc4oc(NC5CCCC5)nc4c3)ccc21. The second kappa shape index (κ2) is 5.66. The Balaban J connectivity index is 1.50. The normalized spacial score (nSPS) is 15.4. The Morgan fingerprint density at radius 1 is 1.04 bits per heavy atom. The lowest BCUT2D eigenvalue weighted by molar-refractivity contribution is 0.594. The van der Waals surface area contributed by atoms with Gasteiger partial charge in [-0.2, -0.15) is 4.98 Å². The van der Waals surface area contributed by atoms with Crippen LogP contribution in [0.25, 0.3) is 33.1 Å². The van der Waals surface area contributed by atoms with E-state index in [9.17, 15) is 0 Å². The molecule has 5 rings (SSSR count). The number of aryl methyl sites for hydroxylation is 1. The number of rotatable bonds is 3. The summed E-state index contributed by atoms with van der Waals surface area (Å²) in [6.07, 6.45) is 7.10. The molecule has 4 aromatic rings. The van der Waals surface area contributed by atoms with Crippen LogP contribution in [0.5, 0.6) is 0 Å². The molecule has 2 aromatic carbocycles. The fourth-order valence-corrected chi connectivity index (χ4v) is 3.87. The predicted octanol–water partition coefficient (Wildman–Crippen LogP) is 5.34. The van der Waals surface area contributed by atoms with Gasteiger partial charge in [0.2, 0.25) is 0 Å². The van der Waals surface area contributed by atoms with Crippen LogP contribution in [-0.2, 0) is 7.05 Å². The number of nitrogens with zero attached hydrogens (tertiary/aromatic N) is 2. The fraction of sp³-hybridized carbons (Fsp3) is 0.286. The van der Waals surface area contributed by atoms with Crippen LogP contribution in [-0.4, -0.2) is 15.6 Å². The summed E-state index contributed by atoms with van der Waals surface area (Å²) >= 11 is 0. The molecule has 2 aromatic heterocycles. The molecule has 25 heavy (non-hydrogen) atoms. The van der Waals surface area contributed by atoms with Gasteiger partial charge >= 0.3 is 0 Å². The van der Waals surface area contributed by atoms with Crippen molar-refractivity contribution in [2.24, 2.45) is 7.05 Å². The molecule has 1 fully saturated rings. The first-order valence-electron chi connectivity index (χ1n) is 8.99. The highest BCUT2D eigenvalue weighted by Crippen LogP contribution is 2.30. The molecule has 0 bridgehead atoms. The molecule has 0 radical (unpaired) electrons. The molecule has 1 N–H and O–H groups in total. The summed E-state index contributed by atoms with van der Waals surface area (Å²) in [4.78, 5) is 4.65. The number of fused-ring (bicyclic) bond motifs is 2. The van der Waals surface area contributed by atoms with Gasteiger partial charge in [0.15, 0.2) is 5.58 Å². The number of hydrogen-bond acceptors (Lipinski definition) is 3. The van der Waals surface area contributed by atoms with E-state index in [-0.39, 0.29) is 0 Å². The third-order valence-corrected chi connectivity index (χ3v) is 5.29. The zero-order valence-electron chi connectivity index (χ0n) is 14.3. The Labute approximate surface area is 146 Å². The molecule has 4 nitrogen and oxygen atoms in total. The van der Waals surface area contributed by atoms with E-state index >= 15 is 0 Å². The summed E-state index contributed by atoms with van der Waals surface area (Å²) in [5.74, 6) is 0. The van der Waals surface area contributed by atoms with E-state index in [1.54, 1.807) is 0 Å². The molecule has 1 saturated carbocycles. The summed E-state index contributed by atoms with van der Waals surface area (Å²) in [6, 6.07) is 16.1. The average molecular weight is 331 g/mol. The van der Waals surface area contributed by atoms with Gasteiger partial charge in [-0.05, 0) is 54.3 Å². The lowest BCUT2D eigenvalue weighted by Crippen LogP contribution is -2.14. The Bertz CT molecular complexity index is 1050. The highest BCUT2D eigenvalue weighted by Gasteiger charge is 2.17. The van der Waals surface area contributed by atoms with E-state index in [2.05, 4.69) is 64.5 Å². The van der Waals surface area contributed by atoms with Gasteiger partial charge in [-0.3, -0.25) is 0 Å². The van der Waals surface area contributed by atoms with Crippen LogP contribution in [0.4, 0.5) is 6.01 Å². The third-order valence-electron chi connectivity index (χ3n) is 5.29. The number of benzene rings is 2. The quantitative estimate of drug-likeness (QED) is 0.551. The van der Waals surface area contributed by atoms with E-state index in [4.69, 9.17) is 4.42 Å². The highest BCUT2D eigenvalue weighted by molar-refractivity contribution is 5.88. The molecule has 2 heterocycles. The van der Waals surface area contributed by atoms with Crippen LogP contribution >= 0.6 is 0 Å². The van der Waals surface area contributed by atoms with Crippen molar-refractivity contribution in [1.29, 1.82) is 0 Å². The van der Waals surface area contributed by atoms with Crippen molar-refractivity contribution in [3.63, 3.8) is 0 Å². The Hall–Kier alpha value is -2.75. The smallest absolute Gasteiger partial charge is 0.295 e. The Morgan fingerprint density at radius 2 is 1.84 bits per heavy atom. The van der Waals surface area contributed by atoms with Gasteiger partial charge in [0.25, 0.3) is 6.01 Å². The number of nitrogens with one attached hydrogen (secondary N) is 1. The maximum atomic E-state index is 5.87. The molecule has 0 atom stereocenters. The Kier molecular flexibility index (Phi) is 3.30. The fourth-order valence-electron chi connectivity index (χ4n) is 3.87. The van der Waals surface area contributed by atoms with Gasteiger partial charge in [-0.1, -0.05) is 25.0 Å². The van der Waals surface area contributed by atoms with Crippen LogP contribution in [0, 0.1) is 0 Å². The molecule has 4 heteroatoms. The van der Waals surface area contributed by atoms with Gasteiger partial charge in [0.05, 0.1) is 0 Å². The summed E-state index contributed by atoms with van der Waals surface area (Å²) in [5, 5.41) is 4.69. The van der Waals surface area contributed by atoms with Gasteiger partial charge in [0.1, 0.15) is 5.52 Å². The standard InChI is InChI=1S/C21H21N3O/c1-24-11-10-16-12-14(6-8-19(16)24)15-7-9-20-18(13-15)23-21(25-20)22-17-4-2-3-5-17/h6-13,17H,2-5H2,1H3,(H,22,23). The average Bonchev–Trinajstić information content (AvgIpc) is 3.35. The predicted molar refractivity (Wildman–Crippen MR) is 102 cm³/mol. The topological polar surface area (TPSA) is 43.0 Å². The van der Waals surface area contributed by atoms with Gasteiger partial charge in [-0.15, -0.1) is 0 Å². The van der Waals surface area contributed by atoms with Crippen molar-refractivity contribution >= 4 is 28.0 Å². The second-order valence-electron chi connectivity index (χ2n) is 7.03. The molecule has 0 spiro atoms. The van der Waals surface area contributed by atoms with Crippen LogP contribution in [0.2, 0.25) is 0 Å². The molecule has 0 amide bonds. The molecule has 126 valence electrons. The third kappa shape index (κ3) is 2.58. The first kappa shape index (κ1) is 14.6. The molecule has 0 aliphatic heterocycles. The minimum absolute atomic E-state index is 0.507. The number of aromatic nitrogens is 2. The van der Waals surface area contributed by atoms with Crippen molar-refractivity contribution in [2.45, 2.75) is 31.7 Å². The van der Waals surface area contributed by atoms with Crippen molar-refractivity contribution < 1.29 is 4.42 Å². The first-order valence-corrected chi connectivity index (χ1v) is 8.99. The maximum Gasteiger partial charge on any atom is 0.295 e. The van der Waals surface area contributed by atoms with E-state index in [0.29, 0.717) is 12.1 Å². The summed E-state index contributed by atoms with van der Waals surface area (Å²) in [7, 11) is 2.07.